The van der Waals surface area contributed by atoms with Crippen LogP contribution in [-0.2, 0) is 13.0 Å². The Hall–Kier alpha value is -3.29. The summed E-state index contributed by atoms with van der Waals surface area (Å²) in [7, 11) is 0. The van der Waals surface area contributed by atoms with Gasteiger partial charge in [-0.2, -0.15) is 5.26 Å². The lowest BCUT2D eigenvalue weighted by Gasteiger charge is -2.37. The minimum Gasteiger partial charge on any atom is -0.298 e. The average molecular weight is 435 g/mol. The fourth-order valence-corrected chi connectivity index (χ4v) is 5.02. The average Bonchev–Trinajstić information content (AvgIpc) is 3.28. The number of rotatable bonds is 6. The molecule has 0 saturated carbocycles. The van der Waals surface area contributed by atoms with E-state index in [0.717, 1.165) is 52.7 Å². The molecule has 0 unspecified atom stereocenters. The van der Waals surface area contributed by atoms with Crippen LogP contribution in [0.5, 0.6) is 0 Å². The summed E-state index contributed by atoms with van der Waals surface area (Å²) in [6, 6.07) is 21.5. The molecule has 3 aromatic carbocycles. The van der Waals surface area contributed by atoms with Gasteiger partial charge in [-0.05, 0) is 51.8 Å². The van der Waals surface area contributed by atoms with Crippen LogP contribution < -0.4 is 0 Å². The number of likely N-dealkylation sites (tertiary alicyclic amines) is 1. The van der Waals surface area contributed by atoms with Gasteiger partial charge in [0.05, 0.1) is 23.9 Å². The number of hydrogen-bond acceptors (Lipinski definition) is 4. The second-order valence-electron chi connectivity index (χ2n) is 9.90. The minimum atomic E-state index is 0.516. The van der Waals surface area contributed by atoms with Crippen LogP contribution in [0.4, 0.5) is 0 Å². The zero-order valence-corrected chi connectivity index (χ0v) is 19.7. The molecular weight excluding hydrogens is 404 g/mol. The zero-order valence-electron chi connectivity index (χ0n) is 19.7. The van der Waals surface area contributed by atoms with E-state index < -0.39 is 0 Å². The molecule has 0 N–H and O–H groups in total. The van der Waals surface area contributed by atoms with Gasteiger partial charge < -0.3 is 0 Å². The Morgan fingerprint density at radius 3 is 2.52 bits per heavy atom. The van der Waals surface area contributed by atoms with E-state index in [2.05, 4.69) is 80.3 Å². The molecule has 0 aliphatic carbocycles. The Morgan fingerprint density at radius 2 is 1.79 bits per heavy atom. The van der Waals surface area contributed by atoms with Crippen molar-refractivity contribution in [1.29, 1.82) is 5.26 Å². The molecule has 0 bridgehead atoms. The summed E-state index contributed by atoms with van der Waals surface area (Å²) in [5.74, 6) is 2.11. The van der Waals surface area contributed by atoms with Crippen LogP contribution in [0.2, 0.25) is 0 Å². The second-order valence-corrected chi connectivity index (χ2v) is 9.90. The van der Waals surface area contributed by atoms with Crippen molar-refractivity contribution in [3.63, 3.8) is 0 Å². The molecule has 0 atom stereocenters. The molecule has 1 fully saturated rings. The molecule has 0 radical (unpaired) electrons. The lowest BCUT2D eigenvalue weighted by Crippen LogP contribution is -2.44. The maximum Gasteiger partial charge on any atom is 0.155 e. The summed E-state index contributed by atoms with van der Waals surface area (Å²) >= 11 is 0. The van der Waals surface area contributed by atoms with E-state index in [-0.39, 0.29) is 0 Å². The third-order valence-corrected chi connectivity index (χ3v) is 6.60. The van der Waals surface area contributed by atoms with Crippen molar-refractivity contribution in [1.82, 2.24) is 4.90 Å². The summed E-state index contributed by atoms with van der Waals surface area (Å²) in [5, 5.41) is 12.1. The maximum absolute atomic E-state index is 9.65. The van der Waals surface area contributed by atoms with Crippen LogP contribution in [-0.4, -0.2) is 36.1 Å². The molecule has 5 rings (SSSR count). The topological polar surface area (TPSA) is 51.8 Å². The van der Waals surface area contributed by atoms with E-state index >= 15 is 0 Å². The third-order valence-electron chi connectivity index (χ3n) is 6.60. The van der Waals surface area contributed by atoms with Gasteiger partial charge in [0.15, 0.2) is 5.84 Å². The summed E-state index contributed by atoms with van der Waals surface area (Å²) in [5.41, 5.74) is 6.22. The molecule has 3 aromatic rings. The van der Waals surface area contributed by atoms with Gasteiger partial charge in [-0.15, -0.1) is 0 Å². The number of amidine groups is 1. The van der Waals surface area contributed by atoms with Crippen molar-refractivity contribution in [3.8, 4) is 6.07 Å². The molecule has 0 amide bonds. The van der Waals surface area contributed by atoms with Gasteiger partial charge in [0, 0.05) is 25.2 Å². The highest BCUT2D eigenvalue weighted by molar-refractivity contribution is 6.21. The Balaban J connectivity index is 1.45. The van der Waals surface area contributed by atoms with Crippen LogP contribution in [0.15, 0.2) is 64.6 Å². The number of fused-ring (bicyclic) bond motifs is 1. The van der Waals surface area contributed by atoms with E-state index in [1.54, 1.807) is 0 Å². The second kappa shape index (κ2) is 8.92. The molecule has 33 heavy (non-hydrogen) atoms. The molecule has 166 valence electrons. The van der Waals surface area contributed by atoms with Crippen molar-refractivity contribution in [2.24, 2.45) is 21.8 Å². The smallest absolute Gasteiger partial charge is 0.155 e. The van der Waals surface area contributed by atoms with Gasteiger partial charge in [-0.3, -0.25) is 9.89 Å². The summed E-state index contributed by atoms with van der Waals surface area (Å²) in [6.45, 7) is 10.6. The van der Waals surface area contributed by atoms with E-state index in [1.807, 2.05) is 6.07 Å². The highest BCUT2D eigenvalue weighted by Gasteiger charge is 2.23. The van der Waals surface area contributed by atoms with Crippen LogP contribution >= 0.6 is 0 Å². The van der Waals surface area contributed by atoms with Crippen molar-refractivity contribution < 1.29 is 0 Å². The maximum atomic E-state index is 9.65. The fourth-order valence-electron chi connectivity index (χ4n) is 5.02. The molecular formula is C29H30N4. The molecule has 4 heteroatoms. The third kappa shape index (κ3) is 4.34. The van der Waals surface area contributed by atoms with E-state index in [0.29, 0.717) is 12.5 Å². The number of benzene rings is 3. The lowest BCUT2D eigenvalue weighted by atomic mass is 9.95. The first-order chi connectivity index (χ1) is 16.0. The Bertz CT molecular complexity index is 1300. The van der Waals surface area contributed by atoms with Crippen LogP contribution in [0, 0.1) is 23.2 Å². The summed E-state index contributed by atoms with van der Waals surface area (Å²) < 4.78 is 0. The monoisotopic (exact) mass is 434 g/mol. The lowest BCUT2D eigenvalue weighted by molar-refractivity contribution is 0.105. The predicted molar refractivity (Wildman–Crippen MR) is 136 cm³/mol. The SMILES string of the molecule is CC(C)Cc1ccc(C2=NC(c3ccc(CN4CC(C)C4)c4ccccc34)=NC2)cc1C#N. The van der Waals surface area contributed by atoms with Gasteiger partial charge in [-0.1, -0.05) is 69.3 Å². The number of hydrogen-bond donors (Lipinski definition) is 0. The zero-order chi connectivity index (χ0) is 22.9. The van der Waals surface area contributed by atoms with Gasteiger partial charge in [0.25, 0.3) is 0 Å². The molecule has 2 aliphatic heterocycles. The normalized spacial score (nSPS) is 16.6. The summed E-state index contributed by atoms with van der Waals surface area (Å²) in [6.07, 6.45) is 0.909. The number of nitriles is 1. The Labute approximate surface area is 196 Å². The largest absolute Gasteiger partial charge is 0.298 e. The van der Waals surface area contributed by atoms with E-state index in [1.165, 1.54) is 29.4 Å². The molecule has 2 heterocycles. The van der Waals surface area contributed by atoms with Crippen molar-refractivity contribution in [2.45, 2.75) is 33.7 Å². The first-order valence-corrected chi connectivity index (χ1v) is 11.9. The van der Waals surface area contributed by atoms with Crippen molar-refractivity contribution in [3.05, 3.63) is 82.4 Å². The quantitative estimate of drug-likeness (QED) is 0.506. The van der Waals surface area contributed by atoms with Crippen LogP contribution in [0.3, 0.4) is 0 Å². The molecule has 1 saturated heterocycles. The van der Waals surface area contributed by atoms with Gasteiger partial charge in [-0.25, -0.2) is 4.99 Å². The molecule has 0 aromatic heterocycles. The van der Waals surface area contributed by atoms with Crippen LogP contribution in [0.25, 0.3) is 10.8 Å². The minimum absolute atomic E-state index is 0.516. The van der Waals surface area contributed by atoms with E-state index in [9.17, 15) is 5.26 Å². The van der Waals surface area contributed by atoms with Gasteiger partial charge in [0.1, 0.15) is 0 Å². The fraction of sp³-hybridized carbons (Fsp3) is 0.345. The predicted octanol–water partition coefficient (Wildman–Crippen LogP) is 5.61. The molecule has 4 nitrogen and oxygen atoms in total. The van der Waals surface area contributed by atoms with Crippen LogP contribution in [0.1, 0.15) is 48.6 Å². The summed E-state index contributed by atoms with van der Waals surface area (Å²) in [4.78, 5) is 12.2. The van der Waals surface area contributed by atoms with Crippen molar-refractivity contribution in [2.75, 3.05) is 19.6 Å². The van der Waals surface area contributed by atoms with Gasteiger partial charge >= 0.3 is 0 Å². The van der Waals surface area contributed by atoms with Crippen molar-refractivity contribution >= 4 is 22.3 Å². The van der Waals surface area contributed by atoms with E-state index in [4.69, 9.17) is 9.98 Å². The Kier molecular flexibility index (Phi) is 5.83. The number of aliphatic imine (C=N–C) groups is 2. The number of nitrogens with zero attached hydrogens (tertiary/aromatic N) is 4. The first-order valence-electron chi connectivity index (χ1n) is 11.9. The standard InChI is InChI=1S/C29H30N4/c1-19(2)12-21-8-9-22(13-24(21)14-30)28-15-31-29(32-28)27-11-10-23(18-33-16-20(3)17-33)25-6-4-5-7-26(25)27/h4-11,13,19-20H,12,15-18H2,1-3H3. The molecule has 0 spiro atoms. The highest BCUT2D eigenvalue weighted by Crippen LogP contribution is 2.28. The Morgan fingerprint density at radius 1 is 1.03 bits per heavy atom. The molecule has 2 aliphatic rings. The first kappa shape index (κ1) is 21.6. The van der Waals surface area contributed by atoms with Gasteiger partial charge in [0.2, 0.25) is 0 Å². The highest BCUT2D eigenvalue weighted by atomic mass is 15.2.